The molecule has 2 N–H and O–H groups in total. The van der Waals surface area contributed by atoms with Crippen LogP contribution in [0.5, 0.6) is 0 Å². The number of aryl methyl sites for hydroxylation is 1. The smallest absolute Gasteiger partial charge is 0.305 e. The Kier molecular flexibility index (Phi) is 8.79. The van der Waals surface area contributed by atoms with Crippen LogP contribution in [0.3, 0.4) is 0 Å². The highest BCUT2D eigenvalue weighted by Gasteiger charge is 2.41. The largest absolute Gasteiger partial charge is 0.481 e. The Morgan fingerprint density at radius 3 is 2.10 bits per heavy atom. The van der Waals surface area contributed by atoms with Gasteiger partial charge in [-0.05, 0) is 55.3 Å². The van der Waals surface area contributed by atoms with E-state index in [2.05, 4.69) is 5.32 Å². The summed E-state index contributed by atoms with van der Waals surface area (Å²) in [5.74, 6) is -5.39. The average Bonchev–Trinajstić information content (AvgIpc) is 2.91. The second-order valence-electron chi connectivity index (χ2n) is 9.46. The average molecular weight is 570 g/mol. The molecule has 1 saturated heterocycles. The molecule has 40 heavy (non-hydrogen) atoms. The van der Waals surface area contributed by atoms with Crippen molar-refractivity contribution in [2.24, 2.45) is 0 Å². The molecule has 0 aliphatic carbocycles. The molecule has 2 atom stereocenters. The lowest BCUT2D eigenvalue weighted by atomic mass is 10.0. The summed E-state index contributed by atoms with van der Waals surface area (Å²) >= 11 is 5.96. The highest BCUT2D eigenvalue weighted by atomic mass is 35.5. The molecule has 3 amide bonds. The van der Waals surface area contributed by atoms with Gasteiger partial charge < -0.3 is 20.2 Å². The number of carbonyl (C=O) groups is 4. The SMILES string of the molecule is Cc1cccc(C(CC(=O)O)NC(=O)C2N(C(=O)c3ccc(Cl)cc3)CCCN2C(=O)c2cc(F)cc(F)c2)c1. The van der Waals surface area contributed by atoms with Crippen LogP contribution in [-0.4, -0.2) is 57.9 Å². The van der Waals surface area contributed by atoms with Gasteiger partial charge in [0.2, 0.25) is 0 Å². The Balaban J connectivity index is 1.74. The van der Waals surface area contributed by atoms with Crippen molar-refractivity contribution in [2.45, 2.75) is 32.0 Å². The third-order valence-corrected chi connectivity index (χ3v) is 6.74. The quantitative estimate of drug-likeness (QED) is 0.433. The lowest BCUT2D eigenvalue weighted by Crippen LogP contribution is -2.63. The van der Waals surface area contributed by atoms with Crippen molar-refractivity contribution < 1.29 is 33.1 Å². The molecular weight excluding hydrogens is 544 g/mol. The number of carboxylic acid groups (broad SMARTS) is 1. The van der Waals surface area contributed by atoms with Gasteiger partial charge >= 0.3 is 5.97 Å². The predicted molar refractivity (Wildman–Crippen MR) is 143 cm³/mol. The van der Waals surface area contributed by atoms with Crippen LogP contribution in [0.2, 0.25) is 5.02 Å². The van der Waals surface area contributed by atoms with Crippen molar-refractivity contribution in [3.63, 3.8) is 0 Å². The highest BCUT2D eigenvalue weighted by Crippen LogP contribution is 2.25. The minimum Gasteiger partial charge on any atom is -0.481 e. The molecule has 3 aromatic carbocycles. The van der Waals surface area contributed by atoms with E-state index in [1.807, 2.05) is 13.0 Å². The number of carboxylic acids is 1. The predicted octanol–water partition coefficient (Wildman–Crippen LogP) is 4.57. The Morgan fingerprint density at radius 1 is 0.925 bits per heavy atom. The summed E-state index contributed by atoms with van der Waals surface area (Å²) in [6, 6.07) is 14.2. The number of halogens is 3. The third-order valence-electron chi connectivity index (χ3n) is 6.49. The molecule has 0 aromatic heterocycles. The molecule has 8 nitrogen and oxygen atoms in total. The van der Waals surface area contributed by atoms with E-state index < -0.39 is 54.0 Å². The molecule has 0 radical (unpaired) electrons. The third kappa shape index (κ3) is 6.63. The Labute approximate surface area is 234 Å². The second-order valence-corrected chi connectivity index (χ2v) is 9.90. The topological polar surface area (TPSA) is 107 Å². The fourth-order valence-electron chi connectivity index (χ4n) is 4.69. The van der Waals surface area contributed by atoms with E-state index in [-0.39, 0.29) is 30.6 Å². The molecule has 1 heterocycles. The standard InChI is InChI=1S/C29H26ClF2N3O5/c1-17-4-2-5-19(12-17)24(16-25(36)37)33-26(38)27-34(28(39)18-6-8-21(30)9-7-18)10-3-11-35(27)29(40)20-13-22(31)15-23(32)14-20/h2,4-9,12-15,24,27H,3,10-11,16H2,1H3,(H,33,38)(H,36,37). The highest BCUT2D eigenvalue weighted by molar-refractivity contribution is 6.30. The van der Waals surface area contributed by atoms with Crippen LogP contribution in [-0.2, 0) is 9.59 Å². The van der Waals surface area contributed by atoms with Crippen molar-refractivity contribution in [2.75, 3.05) is 13.1 Å². The molecule has 11 heteroatoms. The fourth-order valence-corrected chi connectivity index (χ4v) is 4.82. The van der Waals surface area contributed by atoms with Crippen LogP contribution in [0, 0.1) is 18.6 Å². The number of rotatable bonds is 7. The van der Waals surface area contributed by atoms with Gasteiger partial charge in [0.15, 0.2) is 6.17 Å². The summed E-state index contributed by atoms with van der Waals surface area (Å²) in [7, 11) is 0. The van der Waals surface area contributed by atoms with Crippen LogP contribution in [0.15, 0.2) is 66.7 Å². The summed E-state index contributed by atoms with van der Waals surface area (Å²) in [5.41, 5.74) is 1.22. The van der Waals surface area contributed by atoms with Gasteiger partial charge in [-0.2, -0.15) is 0 Å². The number of nitrogens with zero attached hydrogens (tertiary/aromatic N) is 2. The zero-order valence-electron chi connectivity index (χ0n) is 21.4. The molecule has 4 rings (SSSR count). The number of aliphatic carboxylic acids is 1. The van der Waals surface area contributed by atoms with Gasteiger partial charge in [0, 0.05) is 35.3 Å². The Morgan fingerprint density at radius 2 is 1.52 bits per heavy atom. The maximum Gasteiger partial charge on any atom is 0.305 e. The van der Waals surface area contributed by atoms with E-state index in [0.717, 1.165) is 22.6 Å². The lowest BCUT2D eigenvalue weighted by Gasteiger charge is -2.43. The van der Waals surface area contributed by atoms with Crippen LogP contribution < -0.4 is 5.32 Å². The number of carbonyl (C=O) groups excluding carboxylic acids is 3. The van der Waals surface area contributed by atoms with Gasteiger partial charge in [0.25, 0.3) is 17.7 Å². The van der Waals surface area contributed by atoms with E-state index in [9.17, 15) is 33.1 Å². The number of hydrogen-bond acceptors (Lipinski definition) is 4. The van der Waals surface area contributed by atoms with Crippen molar-refractivity contribution >= 4 is 35.3 Å². The fraction of sp³-hybridized carbons (Fsp3) is 0.241. The lowest BCUT2D eigenvalue weighted by molar-refractivity contribution is -0.138. The van der Waals surface area contributed by atoms with Crippen molar-refractivity contribution in [1.82, 2.24) is 15.1 Å². The summed E-state index contributed by atoms with van der Waals surface area (Å²) in [4.78, 5) is 54.9. The van der Waals surface area contributed by atoms with Gasteiger partial charge in [-0.1, -0.05) is 41.4 Å². The summed E-state index contributed by atoms with van der Waals surface area (Å²) in [6.07, 6.45) is -1.71. The molecule has 3 aromatic rings. The van der Waals surface area contributed by atoms with Gasteiger partial charge in [-0.3, -0.25) is 19.2 Å². The molecule has 2 unspecified atom stereocenters. The maximum absolute atomic E-state index is 14.0. The first-order valence-electron chi connectivity index (χ1n) is 12.5. The van der Waals surface area contributed by atoms with E-state index in [1.165, 1.54) is 29.2 Å². The molecule has 0 bridgehead atoms. The van der Waals surface area contributed by atoms with Gasteiger partial charge in [-0.15, -0.1) is 0 Å². The summed E-state index contributed by atoms with van der Waals surface area (Å²) in [6.45, 7) is 1.91. The summed E-state index contributed by atoms with van der Waals surface area (Å²) < 4.78 is 27.9. The Bertz CT molecular complexity index is 1430. The maximum atomic E-state index is 14.0. The first-order chi connectivity index (χ1) is 19.0. The Hall–Kier alpha value is -4.31. The van der Waals surface area contributed by atoms with E-state index in [0.29, 0.717) is 16.7 Å². The monoisotopic (exact) mass is 569 g/mol. The van der Waals surface area contributed by atoms with Gasteiger partial charge in [0.05, 0.1) is 12.5 Å². The number of nitrogens with one attached hydrogen (secondary N) is 1. The number of amides is 3. The zero-order valence-corrected chi connectivity index (χ0v) is 22.2. The van der Waals surface area contributed by atoms with E-state index in [1.54, 1.807) is 18.2 Å². The first-order valence-corrected chi connectivity index (χ1v) is 12.8. The van der Waals surface area contributed by atoms with Crippen LogP contribution in [0.1, 0.15) is 50.7 Å². The minimum atomic E-state index is -1.53. The van der Waals surface area contributed by atoms with Crippen molar-refractivity contribution in [3.05, 3.63) is 106 Å². The molecule has 0 saturated carbocycles. The van der Waals surface area contributed by atoms with Crippen LogP contribution >= 0.6 is 11.6 Å². The van der Waals surface area contributed by atoms with Gasteiger partial charge in [0.1, 0.15) is 11.6 Å². The molecular formula is C29H26ClF2N3O5. The molecule has 1 aliphatic rings. The van der Waals surface area contributed by atoms with Gasteiger partial charge in [-0.25, -0.2) is 8.78 Å². The number of benzene rings is 3. The minimum absolute atomic E-state index is 0.00743. The van der Waals surface area contributed by atoms with E-state index >= 15 is 0 Å². The first kappa shape index (κ1) is 28.7. The zero-order chi connectivity index (χ0) is 29.0. The van der Waals surface area contributed by atoms with Crippen molar-refractivity contribution in [3.8, 4) is 0 Å². The van der Waals surface area contributed by atoms with Crippen LogP contribution in [0.4, 0.5) is 8.78 Å². The summed E-state index contributed by atoms with van der Waals surface area (Å²) in [5, 5.41) is 12.6. The molecule has 1 fully saturated rings. The molecule has 1 aliphatic heterocycles. The molecule has 0 spiro atoms. The van der Waals surface area contributed by atoms with Crippen LogP contribution in [0.25, 0.3) is 0 Å². The molecule has 208 valence electrons. The van der Waals surface area contributed by atoms with E-state index in [4.69, 9.17) is 11.6 Å². The van der Waals surface area contributed by atoms with Crippen molar-refractivity contribution in [1.29, 1.82) is 0 Å². The normalized spacial score (nSPS) is 15.8. The number of hydrogen-bond donors (Lipinski definition) is 2. The second kappa shape index (κ2) is 12.3.